The predicted molar refractivity (Wildman–Crippen MR) is 53.7 cm³/mol. The second-order valence-corrected chi connectivity index (χ2v) is 3.61. The van der Waals surface area contributed by atoms with Gasteiger partial charge in [-0.25, -0.2) is 0 Å². The van der Waals surface area contributed by atoms with Gasteiger partial charge in [0.15, 0.2) is 0 Å². The van der Waals surface area contributed by atoms with E-state index in [2.05, 4.69) is 6.58 Å². The van der Waals surface area contributed by atoms with E-state index in [0.717, 1.165) is 12.8 Å². The van der Waals surface area contributed by atoms with Crippen LogP contribution in [-0.2, 0) is 14.3 Å². The van der Waals surface area contributed by atoms with Crippen LogP contribution in [0, 0.1) is 0 Å². The van der Waals surface area contributed by atoms with Crippen LogP contribution in [0.5, 0.6) is 0 Å². The summed E-state index contributed by atoms with van der Waals surface area (Å²) in [5, 5.41) is 0. The standard InChI is InChI=1S/C11H18O3/c1-3-11(13-9(2)12)14-10-7-5-4-6-8-10/h3,10-11H,1,4-8H2,2H3. The van der Waals surface area contributed by atoms with Crippen LogP contribution in [-0.4, -0.2) is 18.4 Å². The van der Waals surface area contributed by atoms with Crippen LogP contribution in [0.1, 0.15) is 39.0 Å². The highest BCUT2D eigenvalue weighted by atomic mass is 16.7. The first-order valence-electron chi connectivity index (χ1n) is 5.17. The van der Waals surface area contributed by atoms with Crippen molar-refractivity contribution in [3.05, 3.63) is 12.7 Å². The lowest BCUT2D eigenvalue weighted by atomic mass is 9.98. The number of carbonyl (C=O) groups is 1. The first-order valence-corrected chi connectivity index (χ1v) is 5.17. The van der Waals surface area contributed by atoms with Gasteiger partial charge in [-0.2, -0.15) is 0 Å². The van der Waals surface area contributed by atoms with Gasteiger partial charge in [0.25, 0.3) is 0 Å². The van der Waals surface area contributed by atoms with Crippen molar-refractivity contribution in [2.24, 2.45) is 0 Å². The van der Waals surface area contributed by atoms with E-state index in [0.29, 0.717) is 0 Å². The topological polar surface area (TPSA) is 35.5 Å². The lowest BCUT2D eigenvalue weighted by Gasteiger charge is -2.25. The van der Waals surface area contributed by atoms with Crippen molar-refractivity contribution in [1.29, 1.82) is 0 Å². The fourth-order valence-electron chi connectivity index (χ4n) is 1.69. The van der Waals surface area contributed by atoms with Crippen LogP contribution in [0.25, 0.3) is 0 Å². The van der Waals surface area contributed by atoms with Gasteiger partial charge in [-0.3, -0.25) is 4.79 Å². The Hall–Kier alpha value is -0.830. The molecule has 1 saturated carbocycles. The van der Waals surface area contributed by atoms with Gasteiger partial charge in [-0.1, -0.05) is 25.8 Å². The van der Waals surface area contributed by atoms with Crippen LogP contribution in [0.4, 0.5) is 0 Å². The average molecular weight is 198 g/mol. The highest BCUT2D eigenvalue weighted by molar-refractivity contribution is 5.66. The Kier molecular flexibility index (Phi) is 4.66. The monoisotopic (exact) mass is 198 g/mol. The summed E-state index contributed by atoms with van der Waals surface area (Å²) >= 11 is 0. The Labute approximate surface area is 85.1 Å². The predicted octanol–water partition coefficient (Wildman–Crippen LogP) is 2.41. The van der Waals surface area contributed by atoms with Crippen molar-refractivity contribution in [3.63, 3.8) is 0 Å². The molecular formula is C11H18O3. The van der Waals surface area contributed by atoms with E-state index in [4.69, 9.17) is 9.47 Å². The molecule has 1 rings (SSSR count). The number of carbonyl (C=O) groups excluding carboxylic acids is 1. The van der Waals surface area contributed by atoms with Gasteiger partial charge < -0.3 is 9.47 Å². The van der Waals surface area contributed by atoms with Crippen molar-refractivity contribution < 1.29 is 14.3 Å². The number of ether oxygens (including phenoxy) is 2. The summed E-state index contributed by atoms with van der Waals surface area (Å²) in [5.41, 5.74) is 0. The molecule has 0 aliphatic heterocycles. The number of rotatable bonds is 4. The second kappa shape index (κ2) is 5.81. The summed E-state index contributed by atoms with van der Waals surface area (Å²) in [6.07, 6.45) is 6.99. The minimum Gasteiger partial charge on any atom is -0.432 e. The molecule has 1 fully saturated rings. The molecule has 0 N–H and O–H groups in total. The lowest BCUT2D eigenvalue weighted by Crippen LogP contribution is -2.26. The second-order valence-electron chi connectivity index (χ2n) is 3.61. The molecule has 80 valence electrons. The molecule has 14 heavy (non-hydrogen) atoms. The van der Waals surface area contributed by atoms with Crippen LogP contribution in [0.3, 0.4) is 0 Å². The van der Waals surface area contributed by atoms with Crippen LogP contribution >= 0.6 is 0 Å². The zero-order valence-electron chi connectivity index (χ0n) is 8.70. The minimum atomic E-state index is -0.574. The SMILES string of the molecule is C=CC(OC(C)=O)OC1CCCCC1. The van der Waals surface area contributed by atoms with E-state index in [9.17, 15) is 4.79 Å². The molecule has 0 bridgehead atoms. The molecule has 3 heteroatoms. The number of hydrogen-bond donors (Lipinski definition) is 0. The summed E-state index contributed by atoms with van der Waals surface area (Å²) < 4.78 is 10.5. The highest BCUT2D eigenvalue weighted by Gasteiger charge is 2.18. The largest absolute Gasteiger partial charge is 0.432 e. The number of esters is 1. The molecule has 3 nitrogen and oxygen atoms in total. The zero-order valence-corrected chi connectivity index (χ0v) is 8.70. The first-order chi connectivity index (χ1) is 6.72. The molecule has 0 saturated heterocycles. The van der Waals surface area contributed by atoms with Crippen molar-refractivity contribution >= 4 is 5.97 Å². The molecule has 0 radical (unpaired) electrons. The summed E-state index contributed by atoms with van der Waals surface area (Å²) in [5.74, 6) is -0.328. The van der Waals surface area contributed by atoms with Crippen LogP contribution in [0.2, 0.25) is 0 Å². The van der Waals surface area contributed by atoms with E-state index < -0.39 is 6.29 Å². The third-order valence-electron chi connectivity index (χ3n) is 2.35. The third kappa shape index (κ3) is 3.92. The van der Waals surface area contributed by atoms with Crippen molar-refractivity contribution in [3.8, 4) is 0 Å². The van der Waals surface area contributed by atoms with Gasteiger partial charge in [-0.15, -0.1) is 0 Å². The van der Waals surface area contributed by atoms with Gasteiger partial charge >= 0.3 is 5.97 Å². The normalized spacial score (nSPS) is 20.1. The highest BCUT2D eigenvalue weighted by Crippen LogP contribution is 2.21. The van der Waals surface area contributed by atoms with Crippen LogP contribution in [0.15, 0.2) is 12.7 Å². The van der Waals surface area contributed by atoms with E-state index in [1.165, 1.54) is 32.3 Å². The molecule has 0 aromatic rings. The summed E-state index contributed by atoms with van der Waals surface area (Å²) in [4.78, 5) is 10.7. The maximum Gasteiger partial charge on any atom is 0.305 e. The van der Waals surface area contributed by atoms with Crippen molar-refractivity contribution in [2.75, 3.05) is 0 Å². The van der Waals surface area contributed by atoms with Gasteiger partial charge in [-0.05, 0) is 18.9 Å². The lowest BCUT2D eigenvalue weighted by molar-refractivity contribution is -0.177. The fraction of sp³-hybridized carbons (Fsp3) is 0.727. The Morgan fingerprint density at radius 2 is 2.07 bits per heavy atom. The molecule has 1 aliphatic carbocycles. The van der Waals surface area contributed by atoms with E-state index in [-0.39, 0.29) is 12.1 Å². The molecule has 0 amide bonds. The first kappa shape index (κ1) is 11.2. The van der Waals surface area contributed by atoms with E-state index in [1.54, 1.807) is 0 Å². The molecule has 0 spiro atoms. The summed E-state index contributed by atoms with van der Waals surface area (Å²) in [7, 11) is 0. The molecule has 1 aliphatic rings. The third-order valence-corrected chi connectivity index (χ3v) is 2.35. The Morgan fingerprint density at radius 1 is 1.43 bits per heavy atom. The smallest absolute Gasteiger partial charge is 0.305 e. The van der Waals surface area contributed by atoms with Gasteiger partial charge in [0.2, 0.25) is 6.29 Å². The molecule has 1 unspecified atom stereocenters. The molecule has 0 aromatic heterocycles. The summed E-state index contributed by atoms with van der Waals surface area (Å²) in [6, 6.07) is 0. The Morgan fingerprint density at radius 3 is 2.57 bits per heavy atom. The van der Waals surface area contributed by atoms with Gasteiger partial charge in [0.05, 0.1) is 6.10 Å². The van der Waals surface area contributed by atoms with Crippen LogP contribution < -0.4 is 0 Å². The van der Waals surface area contributed by atoms with Gasteiger partial charge in [0.1, 0.15) is 0 Å². The zero-order chi connectivity index (χ0) is 10.4. The van der Waals surface area contributed by atoms with E-state index in [1.807, 2.05) is 0 Å². The van der Waals surface area contributed by atoms with Crippen molar-refractivity contribution in [2.45, 2.75) is 51.4 Å². The fourth-order valence-corrected chi connectivity index (χ4v) is 1.69. The summed E-state index contributed by atoms with van der Waals surface area (Å²) in [6.45, 7) is 4.95. The quantitative estimate of drug-likeness (QED) is 0.395. The van der Waals surface area contributed by atoms with Crippen molar-refractivity contribution in [1.82, 2.24) is 0 Å². The minimum absolute atomic E-state index is 0.228. The Balaban J connectivity index is 2.30. The number of hydrogen-bond acceptors (Lipinski definition) is 3. The maximum absolute atomic E-state index is 10.7. The molecule has 0 heterocycles. The maximum atomic E-state index is 10.7. The molecule has 1 atom stereocenters. The Bertz CT molecular complexity index is 195. The molecular weight excluding hydrogens is 180 g/mol. The van der Waals surface area contributed by atoms with E-state index >= 15 is 0 Å². The van der Waals surface area contributed by atoms with Gasteiger partial charge in [0, 0.05) is 6.92 Å². The molecule has 0 aromatic carbocycles. The average Bonchev–Trinajstić information content (AvgIpc) is 2.17.